The van der Waals surface area contributed by atoms with Crippen molar-refractivity contribution in [3.8, 4) is 5.75 Å². The molecule has 0 bridgehead atoms. The molecule has 1 aromatic rings. The number of carbonyl (C=O) groups is 1. The second-order valence-corrected chi connectivity index (χ2v) is 4.54. The van der Waals surface area contributed by atoms with E-state index in [1.54, 1.807) is 11.0 Å². The molecule has 2 amide bonds. The molecule has 1 fully saturated rings. The summed E-state index contributed by atoms with van der Waals surface area (Å²) in [7, 11) is 0. The van der Waals surface area contributed by atoms with Crippen LogP contribution in [0.15, 0.2) is 24.3 Å². The van der Waals surface area contributed by atoms with Crippen LogP contribution in [0.3, 0.4) is 0 Å². The van der Waals surface area contributed by atoms with Gasteiger partial charge in [0.25, 0.3) is 0 Å². The van der Waals surface area contributed by atoms with Crippen LogP contribution in [0.5, 0.6) is 5.75 Å². The smallest absolute Gasteiger partial charge is 0.322 e. The number of carbonyl (C=O) groups excluding carboxylic acids is 1. The number of nitrogens with one attached hydrogen (secondary N) is 1. The second-order valence-electron chi connectivity index (χ2n) is 4.54. The molecule has 1 aromatic carbocycles. The fraction of sp³-hybridized carbons (Fsp3) is 0.500. The third kappa shape index (κ3) is 3.86. The molecule has 0 heterocycles. The highest BCUT2D eigenvalue weighted by atomic mass is 16.5. The van der Waals surface area contributed by atoms with Crippen LogP contribution in [0, 0.1) is 0 Å². The molecule has 2 N–H and O–H groups in total. The van der Waals surface area contributed by atoms with E-state index < -0.39 is 0 Å². The summed E-state index contributed by atoms with van der Waals surface area (Å²) in [5, 5.41) is 11.8. The fourth-order valence-corrected chi connectivity index (χ4v) is 1.97. The lowest BCUT2D eigenvalue weighted by Gasteiger charge is -2.21. The van der Waals surface area contributed by atoms with Crippen molar-refractivity contribution in [2.75, 3.05) is 25.1 Å². The predicted molar refractivity (Wildman–Crippen MR) is 73.4 cm³/mol. The van der Waals surface area contributed by atoms with Gasteiger partial charge in [-0.25, -0.2) is 4.79 Å². The Morgan fingerprint density at radius 2 is 2.32 bits per heavy atom. The minimum Gasteiger partial charge on any atom is -0.494 e. The van der Waals surface area contributed by atoms with E-state index in [4.69, 9.17) is 9.84 Å². The summed E-state index contributed by atoms with van der Waals surface area (Å²) in [6.07, 6.45) is 2.04. The van der Waals surface area contributed by atoms with Crippen molar-refractivity contribution in [3.63, 3.8) is 0 Å². The summed E-state index contributed by atoms with van der Waals surface area (Å²) in [6.45, 7) is 2.88. The Labute approximate surface area is 113 Å². The van der Waals surface area contributed by atoms with E-state index in [1.165, 1.54) is 0 Å². The number of hydrogen-bond acceptors (Lipinski definition) is 3. The van der Waals surface area contributed by atoms with Crippen LogP contribution in [0.1, 0.15) is 19.8 Å². The maximum Gasteiger partial charge on any atom is 0.322 e. The number of anilines is 1. The van der Waals surface area contributed by atoms with E-state index in [-0.39, 0.29) is 18.7 Å². The highest BCUT2D eigenvalue weighted by Gasteiger charge is 2.32. The average molecular weight is 264 g/mol. The van der Waals surface area contributed by atoms with Gasteiger partial charge in [0.15, 0.2) is 0 Å². The highest BCUT2D eigenvalue weighted by Crippen LogP contribution is 2.27. The number of urea groups is 1. The molecule has 0 radical (unpaired) electrons. The first-order chi connectivity index (χ1) is 9.24. The van der Waals surface area contributed by atoms with Crippen LogP contribution in [-0.4, -0.2) is 41.8 Å². The normalized spacial score (nSPS) is 14.0. The van der Waals surface area contributed by atoms with Crippen molar-refractivity contribution in [1.29, 1.82) is 0 Å². The molecule has 5 nitrogen and oxygen atoms in total. The van der Waals surface area contributed by atoms with Crippen molar-refractivity contribution in [1.82, 2.24) is 4.90 Å². The van der Waals surface area contributed by atoms with Crippen molar-refractivity contribution >= 4 is 11.7 Å². The van der Waals surface area contributed by atoms with E-state index in [9.17, 15) is 4.79 Å². The van der Waals surface area contributed by atoms with Crippen LogP contribution in [-0.2, 0) is 0 Å². The first-order valence-corrected chi connectivity index (χ1v) is 6.66. The molecular formula is C14H20N2O3. The first kappa shape index (κ1) is 13.7. The van der Waals surface area contributed by atoms with Gasteiger partial charge in [0.2, 0.25) is 0 Å². The largest absolute Gasteiger partial charge is 0.494 e. The van der Waals surface area contributed by atoms with Gasteiger partial charge < -0.3 is 20.1 Å². The molecular weight excluding hydrogens is 244 g/mol. The molecule has 1 aliphatic rings. The molecule has 0 aliphatic heterocycles. The molecule has 0 unspecified atom stereocenters. The van der Waals surface area contributed by atoms with Crippen LogP contribution in [0.4, 0.5) is 10.5 Å². The number of benzene rings is 1. The number of amides is 2. The Morgan fingerprint density at radius 1 is 1.53 bits per heavy atom. The number of rotatable bonds is 6. The number of ether oxygens (including phenoxy) is 1. The summed E-state index contributed by atoms with van der Waals surface area (Å²) in [4.78, 5) is 13.8. The Kier molecular flexibility index (Phi) is 4.63. The Morgan fingerprint density at radius 3 is 2.95 bits per heavy atom. The molecule has 0 aromatic heterocycles. The monoisotopic (exact) mass is 264 g/mol. The molecule has 19 heavy (non-hydrogen) atoms. The van der Waals surface area contributed by atoms with Gasteiger partial charge in [0.05, 0.1) is 13.2 Å². The van der Waals surface area contributed by atoms with Gasteiger partial charge in [0, 0.05) is 24.3 Å². The zero-order chi connectivity index (χ0) is 13.7. The van der Waals surface area contributed by atoms with Crippen molar-refractivity contribution in [3.05, 3.63) is 24.3 Å². The van der Waals surface area contributed by atoms with Crippen molar-refractivity contribution in [2.24, 2.45) is 0 Å². The first-order valence-electron chi connectivity index (χ1n) is 6.66. The molecule has 0 atom stereocenters. The van der Waals surface area contributed by atoms with Gasteiger partial charge in [-0.1, -0.05) is 6.07 Å². The maximum absolute atomic E-state index is 12.1. The molecule has 1 saturated carbocycles. The molecule has 5 heteroatoms. The summed E-state index contributed by atoms with van der Waals surface area (Å²) >= 11 is 0. The van der Waals surface area contributed by atoms with Gasteiger partial charge in [-0.3, -0.25) is 0 Å². The van der Waals surface area contributed by atoms with Crippen LogP contribution in [0.25, 0.3) is 0 Å². The summed E-state index contributed by atoms with van der Waals surface area (Å²) in [6, 6.07) is 7.43. The number of aliphatic hydroxyl groups is 1. The van der Waals surface area contributed by atoms with Gasteiger partial charge in [0.1, 0.15) is 5.75 Å². The molecule has 0 saturated heterocycles. The predicted octanol–water partition coefficient (Wildman–Crippen LogP) is 2.07. The quantitative estimate of drug-likeness (QED) is 0.827. The summed E-state index contributed by atoms with van der Waals surface area (Å²) < 4.78 is 5.39. The van der Waals surface area contributed by atoms with Gasteiger partial charge in [-0.05, 0) is 31.9 Å². The standard InChI is InChI=1S/C14H20N2O3/c1-2-19-13-5-3-4-11(10-13)15-14(18)16(8-9-17)12-6-7-12/h3-5,10,12,17H,2,6-9H2,1H3,(H,15,18). The zero-order valence-corrected chi connectivity index (χ0v) is 11.1. The van der Waals surface area contributed by atoms with Gasteiger partial charge in [-0.15, -0.1) is 0 Å². The SMILES string of the molecule is CCOc1cccc(NC(=O)N(CCO)C2CC2)c1. The number of nitrogens with zero attached hydrogens (tertiary/aromatic N) is 1. The lowest BCUT2D eigenvalue weighted by atomic mass is 10.3. The lowest BCUT2D eigenvalue weighted by molar-refractivity contribution is 0.185. The lowest BCUT2D eigenvalue weighted by Crippen LogP contribution is -2.38. The van der Waals surface area contributed by atoms with E-state index in [0.29, 0.717) is 18.8 Å². The van der Waals surface area contributed by atoms with E-state index in [0.717, 1.165) is 18.6 Å². The van der Waals surface area contributed by atoms with Crippen LogP contribution in [0.2, 0.25) is 0 Å². The topological polar surface area (TPSA) is 61.8 Å². The summed E-state index contributed by atoms with van der Waals surface area (Å²) in [5.41, 5.74) is 0.708. The summed E-state index contributed by atoms with van der Waals surface area (Å²) in [5.74, 6) is 0.737. The maximum atomic E-state index is 12.1. The molecule has 104 valence electrons. The van der Waals surface area contributed by atoms with E-state index in [1.807, 2.05) is 25.1 Å². The van der Waals surface area contributed by atoms with Crippen molar-refractivity contribution in [2.45, 2.75) is 25.8 Å². The van der Waals surface area contributed by atoms with Crippen molar-refractivity contribution < 1.29 is 14.6 Å². The van der Waals surface area contributed by atoms with Crippen LogP contribution >= 0.6 is 0 Å². The zero-order valence-electron chi connectivity index (χ0n) is 11.1. The third-order valence-corrected chi connectivity index (χ3v) is 2.99. The minimum absolute atomic E-state index is 0.0110. The van der Waals surface area contributed by atoms with Crippen LogP contribution < -0.4 is 10.1 Å². The molecule has 2 rings (SSSR count). The van der Waals surface area contributed by atoms with E-state index >= 15 is 0 Å². The second kappa shape index (κ2) is 6.43. The Balaban J connectivity index is 1.98. The fourth-order valence-electron chi connectivity index (χ4n) is 1.97. The number of hydrogen-bond donors (Lipinski definition) is 2. The van der Waals surface area contributed by atoms with Gasteiger partial charge in [-0.2, -0.15) is 0 Å². The Hall–Kier alpha value is -1.75. The van der Waals surface area contributed by atoms with Gasteiger partial charge >= 0.3 is 6.03 Å². The third-order valence-electron chi connectivity index (χ3n) is 2.99. The molecule has 1 aliphatic carbocycles. The number of aliphatic hydroxyl groups excluding tert-OH is 1. The minimum atomic E-state index is -0.162. The highest BCUT2D eigenvalue weighted by molar-refractivity contribution is 5.90. The Bertz CT molecular complexity index is 432. The van der Waals surface area contributed by atoms with E-state index in [2.05, 4.69) is 5.32 Å². The molecule has 0 spiro atoms. The average Bonchev–Trinajstić information content (AvgIpc) is 3.21.